The fraction of sp³-hybridized carbons (Fsp3) is 0.600. The van der Waals surface area contributed by atoms with Gasteiger partial charge in [-0.15, -0.1) is 10.2 Å². The summed E-state index contributed by atoms with van der Waals surface area (Å²) in [7, 11) is -3.83. The molecule has 1 aromatic heterocycles. The van der Waals surface area contributed by atoms with E-state index >= 15 is 0 Å². The van der Waals surface area contributed by atoms with Crippen molar-refractivity contribution < 1.29 is 13.5 Å². The van der Waals surface area contributed by atoms with Gasteiger partial charge in [-0.2, -0.15) is 0 Å². The van der Waals surface area contributed by atoms with Crippen LogP contribution in [0.15, 0.2) is 4.34 Å². The van der Waals surface area contributed by atoms with Crippen molar-refractivity contribution in [3.8, 4) is 0 Å². The van der Waals surface area contributed by atoms with Crippen LogP contribution in [0.3, 0.4) is 0 Å². The number of anilines is 1. The number of aliphatic hydroxyl groups excluding tert-OH is 1. The van der Waals surface area contributed by atoms with E-state index in [0.29, 0.717) is 13.0 Å². The Morgan fingerprint density at radius 3 is 2.67 bits per heavy atom. The van der Waals surface area contributed by atoms with E-state index in [0.717, 1.165) is 11.3 Å². The number of aliphatic hydroxyl groups is 1. The second-order valence-corrected chi connectivity index (χ2v) is 5.37. The lowest BCUT2D eigenvalue weighted by atomic mass is 10.4. The predicted molar refractivity (Wildman–Crippen MR) is 54.6 cm³/mol. The predicted octanol–water partition coefficient (Wildman–Crippen LogP) is -1.74. The van der Waals surface area contributed by atoms with E-state index in [2.05, 4.69) is 15.5 Å². The molecule has 0 amide bonds. The van der Waals surface area contributed by atoms with Gasteiger partial charge in [-0.1, -0.05) is 11.3 Å². The summed E-state index contributed by atoms with van der Waals surface area (Å²) < 4.78 is 21.4. The van der Waals surface area contributed by atoms with E-state index in [1.165, 1.54) is 0 Å². The van der Waals surface area contributed by atoms with Crippen LogP contribution in [0.2, 0.25) is 0 Å². The summed E-state index contributed by atoms with van der Waals surface area (Å²) in [4.78, 5) is 0. The van der Waals surface area contributed by atoms with E-state index < -0.39 is 16.3 Å². The van der Waals surface area contributed by atoms with Gasteiger partial charge in [-0.3, -0.25) is 0 Å². The van der Waals surface area contributed by atoms with Crippen molar-refractivity contribution in [3.05, 3.63) is 0 Å². The van der Waals surface area contributed by atoms with Crippen molar-refractivity contribution in [3.63, 3.8) is 0 Å². The van der Waals surface area contributed by atoms with Crippen LogP contribution >= 0.6 is 11.3 Å². The van der Waals surface area contributed by atoms with Crippen molar-refractivity contribution in [1.29, 1.82) is 0 Å². The summed E-state index contributed by atoms with van der Waals surface area (Å²) in [5, 5.41) is 23.7. The third-order valence-electron chi connectivity index (χ3n) is 1.38. The molecule has 0 bridgehead atoms. The zero-order chi connectivity index (χ0) is 11.5. The maximum Gasteiger partial charge on any atom is 0.267 e. The fourth-order valence-electron chi connectivity index (χ4n) is 0.756. The van der Waals surface area contributed by atoms with E-state index in [9.17, 15) is 13.5 Å². The molecular weight excluding hydrogens is 242 g/mol. The van der Waals surface area contributed by atoms with Crippen molar-refractivity contribution in [1.82, 2.24) is 10.2 Å². The molecule has 0 saturated carbocycles. The Morgan fingerprint density at radius 1 is 1.53 bits per heavy atom. The van der Waals surface area contributed by atoms with E-state index in [-0.39, 0.29) is 9.47 Å². The fourth-order valence-corrected chi connectivity index (χ4v) is 2.14. The molecule has 10 heteroatoms. The van der Waals surface area contributed by atoms with Gasteiger partial charge < -0.3 is 16.2 Å². The number of rotatable bonds is 5. The Bertz CT molecular complexity index is 416. The van der Waals surface area contributed by atoms with Gasteiger partial charge in [0, 0.05) is 6.42 Å². The van der Waals surface area contributed by atoms with Crippen LogP contribution in [0, 0.1) is 0 Å². The first-order valence-electron chi connectivity index (χ1n) is 3.94. The van der Waals surface area contributed by atoms with Crippen LogP contribution in [0.5, 0.6) is 0 Å². The smallest absolute Gasteiger partial charge is 0.267 e. The Labute approximate surface area is 90.4 Å². The highest BCUT2D eigenvalue weighted by atomic mass is 32.2. The van der Waals surface area contributed by atoms with Crippen LogP contribution in [0.4, 0.5) is 5.13 Å². The molecule has 1 rings (SSSR count). The number of primary sulfonamides is 1. The second kappa shape index (κ2) is 4.81. The Morgan fingerprint density at radius 2 is 2.20 bits per heavy atom. The lowest BCUT2D eigenvalue weighted by molar-refractivity contribution is 0.196. The maximum absolute atomic E-state index is 10.8. The SMILES string of the molecule is NCCC(O)Nc1nnc(S(N)(=O)=O)s1. The molecule has 6 N–H and O–H groups in total. The molecule has 0 aromatic carbocycles. The van der Waals surface area contributed by atoms with Crippen LogP contribution in [-0.4, -0.2) is 36.5 Å². The minimum Gasteiger partial charge on any atom is -0.374 e. The third kappa shape index (κ3) is 3.68. The summed E-state index contributed by atoms with van der Waals surface area (Å²) in [6.07, 6.45) is -0.555. The van der Waals surface area contributed by atoms with Crippen molar-refractivity contribution in [2.75, 3.05) is 11.9 Å². The normalized spacial score (nSPS) is 13.8. The number of sulfonamides is 1. The number of nitrogens with zero attached hydrogens (tertiary/aromatic N) is 2. The van der Waals surface area contributed by atoms with Crippen LogP contribution in [-0.2, 0) is 10.0 Å². The summed E-state index contributed by atoms with van der Waals surface area (Å²) in [5.41, 5.74) is 5.21. The molecule has 15 heavy (non-hydrogen) atoms. The number of hydrogen-bond acceptors (Lipinski definition) is 8. The average Bonchev–Trinajstić information content (AvgIpc) is 2.52. The molecule has 1 heterocycles. The molecule has 0 aliphatic rings. The number of nitrogens with two attached hydrogens (primary N) is 2. The molecule has 1 atom stereocenters. The van der Waals surface area contributed by atoms with Gasteiger partial charge in [0.25, 0.3) is 10.0 Å². The van der Waals surface area contributed by atoms with Crippen LogP contribution in [0.1, 0.15) is 6.42 Å². The molecule has 0 aliphatic heterocycles. The summed E-state index contributed by atoms with van der Waals surface area (Å²) >= 11 is 0.747. The highest BCUT2D eigenvalue weighted by Gasteiger charge is 2.15. The lowest BCUT2D eigenvalue weighted by Crippen LogP contribution is -2.22. The standard InChI is InChI=1S/C5H11N5O3S2/c6-2-1-3(11)8-4-9-10-5(14-4)15(7,12)13/h3,11H,1-2,6H2,(H,8,9)(H2,7,12,13). The Kier molecular flexibility index (Phi) is 3.93. The van der Waals surface area contributed by atoms with Gasteiger partial charge in [0.1, 0.15) is 6.23 Å². The first kappa shape index (κ1) is 12.3. The second-order valence-electron chi connectivity index (χ2n) is 2.66. The maximum atomic E-state index is 10.8. The van der Waals surface area contributed by atoms with E-state index in [1.807, 2.05) is 0 Å². The van der Waals surface area contributed by atoms with E-state index in [1.54, 1.807) is 0 Å². The van der Waals surface area contributed by atoms with Gasteiger partial charge in [-0.25, -0.2) is 13.6 Å². The number of nitrogens with one attached hydrogen (secondary N) is 1. The minimum absolute atomic E-state index is 0.181. The molecule has 0 spiro atoms. The van der Waals surface area contributed by atoms with Crippen LogP contribution < -0.4 is 16.2 Å². The van der Waals surface area contributed by atoms with Gasteiger partial charge in [0.2, 0.25) is 9.47 Å². The average molecular weight is 253 g/mol. The molecule has 0 fully saturated rings. The third-order valence-corrected chi connectivity index (χ3v) is 3.54. The molecule has 1 aromatic rings. The van der Waals surface area contributed by atoms with Gasteiger partial charge >= 0.3 is 0 Å². The van der Waals surface area contributed by atoms with Crippen molar-refractivity contribution >= 4 is 26.5 Å². The molecular formula is C5H11N5O3S2. The zero-order valence-corrected chi connectivity index (χ0v) is 9.25. The zero-order valence-electron chi connectivity index (χ0n) is 7.62. The molecule has 1 unspecified atom stereocenters. The van der Waals surface area contributed by atoms with E-state index in [4.69, 9.17) is 10.9 Å². The summed E-state index contributed by atoms with van der Waals surface area (Å²) in [5.74, 6) is 0. The number of hydrogen-bond donors (Lipinski definition) is 4. The first-order chi connectivity index (χ1) is 6.93. The lowest BCUT2D eigenvalue weighted by Gasteiger charge is -2.08. The Balaban J connectivity index is 2.69. The first-order valence-corrected chi connectivity index (χ1v) is 6.30. The van der Waals surface area contributed by atoms with Crippen molar-refractivity contribution in [2.24, 2.45) is 10.9 Å². The molecule has 8 nitrogen and oxygen atoms in total. The molecule has 0 radical (unpaired) electrons. The number of aromatic nitrogens is 2. The van der Waals surface area contributed by atoms with Gasteiger partial charge in [0.15, 0.2) is 0 Å². The Hall–Kier alpha value is -0.810. The molecule has 0 aliphatic carbocycles. The highest BCUT2D eigenvalue weighted by Crippen LogP contribution is 2.18. The largest absolute Gasteiger partial charge is 0.374 e. The van der Waals surface area contributed by atoms with Crippen LogP contribution in [0.25, 0.3) is 0 Å². The summed E-state index contributed by atoms with van der Waals surface area (Å²) in [6, 6.07) is 0. The topological polar surface area (TPSA) is 144 Å². The molecule has 86 valence electrons. The van der Waals surface area contributed by atoms with Gasteiger partial charge in [-0.05, 0) is 6.54 Å². The molecule has 0 saturated heterocycles. The quantitative estimate of drug-likeness (QED) is 0.456. The van der Waals surface area contributed by atoms with Crippen molar-refractivity contribution in [2.45, 2.75) is 17.0 Å². The monoisotopic (exact) mass is 253 g/mol. The summed E-state index contributed by atoms with van der Waals surface area (Å²) in [6.45, 7) is 0.301. The highest BCUT2D eigenvalue weighted by molar-refractivity contribution is 7.91. The van der Waals surface area contributed by atoms with Gasteiger partial charge in [0.05, 0.1) is 0 Å². The minimum atomic E-state index is -3.83.